The molecule has 0 unspecified atom stereocenters. The molecule has 0 saturated carbocycles. The van der Waals surface area contributed by atoms with Crippen molar-refractivity contribution in [1.29, 1.82) is 0 Å². The van der Waals surface area contributed by atoms with E-state index in [2.05, 4.69) is 20.1 Å². The van der Waals surface area contributed by atoms with Gasteiger partial charge in [0.15, 0.2) is 0 Å². The Labute approximate surface area is 139 Å². The summed E-state index contributed by atoms with van der Waals surface area (Å²) in [5.41, 5.74) is 1.45. The fraction of sp³-hybridized carbons (Fsp3) is 0.294. The van der Waals surface area contributed by atoms with Crippen molar-refractivity contribution in [3.8, 4) is 34.5 Å². The van der Waals surface area contributed by atoms with Gasteiger partial charge in [-0.25, -0.2) is 4.98 Å². The summed E-state index contributed by atoms with van der Waals surface area (Å²) in [5, 5.41) is 3.99. The van der Waals surface area contributed by atoms with Crippen LogP contribution in [0.3, 0.4) is 0 Å². The Balaban J connectivity index is 1.82. The van der Waals surface area contributed by atoms with Crippen LogP contribution in [0.5, 0.6) is 11.6 Å². The van der Waals surface area contributed by atoms with E-state index in [-0.39, 0.29) is 6.10 Å². The third-order valence-electron chi connectivity index (χ3n) is 3.04. The van der Waals surface area contributed by atoms with E-state index >= 15 is 0 Å². The Bertz CT molecular complexity index is 800. The lowest BCUT2D eigenvalue weighted by Crippen LogP contribution is -2.05. The number of aromatic nitrogens is 4. The van der Waals surface area contributed by atoms with Crippen molar-refractivity contribution in [2.24, 2.45) is 0 Å². The summed E-state index contributed by atoms with van der Waals surface area (Å²) in [6.07, 6.45) is 5.02. The number of hydrogen-bond donors (Lipinski definition) is 0. The third kappa shape index (κ3) is 3.68. The highest BCUT2D eigenvalue weighted by atomic mass is 16.5. The first kappa shape index (κ1) is 15.9. The molecular weight excluding hydrogens is 308 g/mol. The van der Waals surface area contributed by atoms with Gasteiger partial charge in [-0.15, -0.1) is 0 Å². The van der Waals surface area contributed by atoms with Crippen LogP contribution in [0.2, 0.25) is 0 Å². The van der Waals surface area contributed by atoms with E-state index < -0.39 is 0 Å². The molecule has 0 aliphatic heterocycles. The summed E-state index contributed by atoms with van der Waals surface area (Å²) < 4.78 is 16.3. The van der Waals surface area contributed by atoms with E-state index in [1.54, 1.807) is 24.7 Å². The summed E-state index contributed by atoms with van der Waals surface area (Å²) in [4.78, 5) is 12.7. The molecule has 0 aliphatic rings. The second-order valence-electron chi connectivity index (χ2n) is 5.32. The molecule has 0 saturated heterocycles. The largest absolute Gasteiger partial charge is 0.489 e. The van der Waals surface area contributed by atoms with Crippen molar-refractivity contribution in [3.05, 3.63) is 36.8 Å². The van der Waals surface area contributed by atoms with Gasteiger partial charge in [0.1, 0.15) is 5.75 Å². The van der Waals surface area contributed by atoms with Gasteiger partial charge in [0.05, 0.1) is 24.5 Å². The molecule has 0 N–H and O–H groups in total. The highest BCUT2D eigenvalue weighted by Crippen LogP contribution is 2.25. The van der Waals surface area contributed by atoms with Gasteiger partial charge in [-0.3, -0.25) is 4.98 Å². The van der Waals surface area contributed by atoms with Gasteiger partial charge in [0.25, 0.3) is 5.89 Å². The minimum Gasteiger partial charge on any atom is -0.489 e. The topological polar surface area (TPSA) is 83.2 Å². The number of nitrogens with zero attached hydrogens (tertiary/aromatic N) is 4. The Morgan fingerprint density at radius 3 is 2.71 bits per heavy atom. The molecule has 0 bridgehead atoms. The van der Waals surface area contributed by atoms with Crippen molar-refractivity contribution in [1.82, 2.24) is 20.1 Å². The lowest BCUT2D eigenvalue weighted by atomic mass is 10.2. The summed E-state index contributed by atoms with van der Waals surface area (Å²) in [6, 6.07) is 5.43. The van der Waals surface area contributed by atoms with Crippen molar-refractivity contribution in [2.75, 3.05) is 6.61 Å². The van der Waals surface area contributed by atoms with Crippen LogP contribution in [-0.2, 0) is 0 Å². The molecule has 0 atom stereocenters. The standard InChI is InChI=1S/C17H18N4O3/c1-4-22-15-6-5-12(9-19-15)16-20-17(24-21-16)13-7-14(10-18-8-13)23-11(2)3/h5-11H,4H2,1-3H3. The molecule has 3 aromatic rings. The van der Waals surface area contributed by atoms with Gasteiger partial charge >= 0.3 is 0 Å². The van der Waals surface area contributed by atoms with Crippen molar-refractivity contribution >= 4 is 0 Å². The van der Waals surface area contributed by atoms with Gasteiger partial charge in [-0.2, -0.15) is 4.98 Å². The number of hydrogen-bond acceptors (Lipinski definition) is 7. The first-order valence-corrected chi connectivity index (χ1v) is 7.70. The predicted octanol–water partition coefficient (Wildman–Crippen LogP) is 3.38. The number of ether oxygens (including phenoxy) is 2. The van der Waals surface area contributed by atoms with Crippen LogP contribution in [-0.4, -0.2) is 32.8 Å². The van der Waals surface area contributed by atoms with Crippen LogP contribution in [0.25, 0.3) is 22.8 Å². The molecule has 0 aliphatic carbocycles. The van der Waals surface area contributed by atoms with E-state index in [0.717, 1.165) is 5.56 Å². The van der Waals surface area contributed by atoms with Crippen LogP contribution in [0, 0.1) is 0 Å². The molecule has 0 radical (unpaired) electrons. The molecule has 24 heavy (non-hydrogen) atoms. The summed E-state index contributed by atoms with van der Waals surface area (Å²) >= 11 is 0. The normalized spacial score (nSPS) is 10.8. The maximum absolute atomic E-state index is 5.63. The maximum atomic E-state index is 5.63. The van der Waals surface area contributed by atoms with E-state index in [9.17, 15) is 0 Å². The Morgan fingerprint density at radius 1 is 1.12 bits per heavy atom. The lowest BCUT2D eigenvalue weighted by molar-refractivity contribution is 0.241. The minimum absolute atomic E-state index is 0.0650. The van der Waals surface area contributed by atoms with Crippen LogP contribution in [0.4, 0.5) is 0 Å². The Kier molecular flexibility index (Phi) is 4.69. The van der Waals surface area contributed by atoms with Crippen LogP contribution < -0.4 is 9.47 Å². The van der Waals surface area contributed by atoms with E-state index in [4.69, 9.17) is 14.0 Å². The zero-order chi connectivity index (χ0) is 16.9. The fourth-order valence-corrected chi connectivity index (χ4v) is 2.08. The summed E-state index contributed by atoms with van der Waals surface area (Å²) in [7, 11) is 0. The van der Waals surface area contributed by atoms with E-state index in [0.29, 0.717) is 35.5 Å². The predicted molar refractivity (Wildman–Crippen MR) is 87.7 cm³/mol. The average molecular weight is 326 g/mol. The smallest absolute Gasteiger partial charge is 0.259 e. The fourth-order valence-electron chi connectivity index (χ4n) is 2.08. The monoisotopic (exact) mass is 326 g/mol. The Hall–Kier alpha value is -2.96. The average Bonchev–Trinajstić information content (AvgIpc) is 3.05. The van der Waals surface area contributed by atoms with Crippen LogP contribution >= 0.6 is 0 Å². The SMILES string of the molecule is CCOc1ccc(-c2noc(-c3cncc(OC(C)C)c3)n2)cn1. The maximum Gasteiger partial charge on any atom is 0.259 e. The van der Waals surface area contributed by atoms with Gasteiger partial charge < -0.3 is 14.0 Å². The molecule has 3 aromatic heterocycles. The lowest BCUT2D eigenvalue weighted by Gasteiger charge is -2.08. The van der Waals surface area contributed by atoms with Crippen molar-refractivity contribution < 1.29 is 14.0 Å². The Morgan fingerprint density at radius 2 is 2.00 bits per heavy atom. The number of rotatable bonds is 6. The van der Waals surface area contributed by atoms with E-state index in [1.165, 1.54) is 0 Å². The molecule has 7 nitrogen and oxygen atoms in total. The van der Waals surface area contributed by atoms with Crippen LogP contribution in [0.1, 0.15) is 20.8 Å². The summed E-state index contributed by atoms with van der Waals surface area (Å²) in [6.45, 7) is 6.39. The molecule has 3 heterocycles. The first-order chi connectivity index (χ1) is 11.7. The quantitative estimate of drug-likeness (QED) is 0.686. The molecule has 124 valence electrons. The molecule has 7 heteroatoms. The van der Waals surface area contributed by atoms with Gasteiger partial charge in [-0.05, 0) is 32.9 Å². The first-order valence-electron chi connectivity index (χ1n) is 7.70. The summed E-state index contributed by atoms with van der Waals surface area (Å²) in [5.74, 6) is 2.05. The van der Waals surface area contributed by atoms with Gasteiger partial charge in [0.2, 0.25) is 11.7 Å². The van der Waals surface area contributed by atoms with E-state index in [1.807, 2.05) is 32.9 Å². The second-order valence-corrected chi connectivity index (χ2v) is 5.32. The number of pyridine rings is 2. The van der Waals surface area contributed by atoms with Crippen molar-refractivity contribution in [2.45, 2.75) is 26.9 Å². The zero-order valence-corrected chi connectivity index (χ0v) is 13.8. The van der Waals surface area contributed by atoms with Crippen LogP contribution in [0.15, 0.2) is 41.3 Å². The minimum atomic E-state index is 0.0650. The zero-order valence-electron chi connectivity index (χ0n) is 13.8. The molecular formula is C17H18N4O3. The van der Waals surface area contributed by atoms with Gasteiger partial charge in [0, 0.05) is 24.0 Å². The van der Waals surface area contributed by atoms with Gasteiger partial charge in [-0.1, -0.05) is 5.16 Å². The molecule has 0 spiro atoms. The third-order valence-corrected chi connectivity index (χ3v) is 3.04. The molecule has 0 fully saturated rings. The highest BCUT2D eigenvalue weighted by molar-refractivity contribution is 5.59. The van der Waals surface area contributed by atoms with Crippen molar-refractivity contribution in [3.63, 3.8) is 0 Å². The molecule has 0 aromatic carbocycles. The highest BCUT2D eigenvalue weighted by Gasteiger charge is 2.12. The molecule has 0 amide bonds. The second kappa shape index (κ2) is 7.08. The molecule has 3 rings (SSSR count).